The summed E-state index contributed by atoms with van der Waals surface area (Å²) in [4.78, 5) is 19.6. The minimum absolute atomic E-state index is 0.288. The van der Waals surface area contributed by atoms with Crippen molar-refractivity contribution >= 4 is 11.9 Å². The van der Waals surface area contributed by atoms with Crippen LogP contribution < -0.4 is 16.7 Å². The van der Waals surface area contributed by atoms with Crippen LogP contribution in [-0.4, -0.2) is 21.4 Å². The van der Waals surface area contributed by atoms with Gasteiger partial charge in [-0.2, -0.15) is 9.97 Å². The van der Waals surface area contributed by atoms with Gasteiger partial charge in [0.1, 0.15) is 0 Å². The van der Waals surface area contributed by atoms with Crippen LogP contribution in [0.1, 0.15) is 13.7 Å². The van der Waals surface area contributed by atoms with Gasteiger partial charge >= 0.3 is 5.69 Å². The number of nitrogens with zero attached hydrogens (tertiary/aromatic N) is 2. The van der Waals surface area contributed by atoms with E-state index in [1.165, 1.54) is 0 Å². The third kappa shape index (κ3) is 1.92. The summed E-state index contributed by atoms with van der Waals surface area (Å²) in [6, 6.07) is 0. The first-order valence-electron chi connectivity index (χ1n) is 5.14. The Hall–Kier alpha value is -1.59. The smallest absolute Gasteiger partial charge is 0.350 e. The quantitative estimate of drug-likeness (QED) is 0.525. The zero-order valence-corrected chi connectivity index (χ0v) is 5.38. The Balaban J connectivity index is 3.01. The summed E-state index contributed by atoms with van der Waals surface area (Å²) in [7, 11) is 0. The van der Waals surface area contributed by atoms with E-state index in [-0.39, 0.29) is 5.95 Å². The summed E-state index contributed by atoms with van der Waals surface area (Å²) in [5, 5.41) is 1.89. The third-order valence-corrected chi connectivity index (χ3v) is 0.843. The molecule has 0 saturated heterocycles. The second-order valence-corrected chi connectivity index (χ2v) is 1.61. The predicted octanol–water partition coefficient (Wildman–Crippen LogP) is -0.821. The molecule has 0 radical (unpaired) electrons. The Labute approximate surface area is 69.9 Å². The van der Waals surface area contributed by atoms with Gasteiger partial charge in [0.05, 0.1) is 0 Å². The zero-order chi connectivity index (χ0) is 12.6. The van der Waals surface area contributed by atoms with Crippen molar-refractivity contribution in [3.05, 3.63) is 10.5 Å². The van der Waals surface area contributed by atoms with Gasteiger partial charge in [-0.1, -0.05) is 0 Å². The van der Waals surface area contributed by atoms with Crippen LogP contribution in [0.2, 0.25) is 0 Å². The summed E-state index contributed by atoms with van der Waals surface area (Å²) >= 11 is 0. The second kappa shape index (κ2) is 3.00. The average Bonchev–Trinajstić information content (AvgIpc) is 1.97. The van der Waals surface area contributed by atoms with Crippen molar-refractivity contribution in [3.8, 4) is 0 Å². The molecule has 0 fully saturated rings. The van der Waals surface area contributed by atoms with E-state index < -0.39 is 25.0 Å². The van der Waals surface area contributed by atoms with Gasteiger partial charge in [-0.05, 0) is 6.85 Å². The largest absolute Gasteiger partial charge is 0.369 e. The van der Waals surface area contributed by atoms with Gasteiger partial charge in [-0.15, -0.1) is 0 Å². The molecule has 0 aliphatic rings. The van der Waals surface area contributed by atoms with Crippen molar-refractivity contribution in [1.82, 2.24) is 15.0 Å². The van der Waals surface area contributed by atoms with E-state index in [4.69, 9.17) is 12.6 Å². The monoisotopic (exact) mass is 160 g/mol. The number of H-pyrrole nitrogens is 1. The fourth-order valence-electron chi connectivity index (χ4n) is 0.513. The highest BCUT2D eigenvalue weighted by Gasteiger charge is 1.95. The fourth-order valence-corrected chi connectivity index (χ4v) is 0.513. The molecule has 0 aliphatic heterocycles. The fraction of sp³-hybridized carbons (Fsp3) is 0.400. The number of aromatic nitrogens is 3. The van der Waals surface area contributed by atoms with E-state index in [0.29, 0.717) is 0 Å². The molecule has 0 aromatic carbocycles. The highest BCUT2D eigenvalue weighted by molar-refractivity contribution is 5.28. The van der Waals surface area contributed by atoms with Gasteiger partial charge < -0.3 is 11.1 Å². The van der Waals surface area contributed by atoms with Crippen molar-refractivity contribution in [2.24, 2.45) is 0 Å². The molecular formula is C5H9N5O. The Bertz CT molecular complexity index is 440. The summed E-state index contributed by atoms with van der Waals surface area (Å²) in [6.45, 7) is -5.68. The number of hydrogen-bond donors (Lipinski definition) is 3. The maximum Gasteiger partial charge on any atom is 0.350 e. The van der Waals surface area contributed by atoms with Crippen molar-refractivity contribution < 1.29 is 6.85 Å². The molecule has 0 spiro atoms. The van der Waals surface area contributed by atoms with E-state index in [2.05, 4.69) is 9.97 Å². The van der Waals surface area contributed by atoms with Crippen molar-refractivity contribution in [2.75, 3.05) is 17.5 Å². The standard InChI is InChI=1S/C5H9N5O/c1-2-7-4-8-3(6)9-5(11)10-4/h2H2,1H3,(H4,6,7,8,9,10,11)/i1D3,2D2. The molecule has 0 amide bonds. The normalized spacial score (nSPS) is 18.7. The highest BCUT2D eigenvalue weighted by atomic mass is 16.1. The minimum Gasteiger partial charge on any atom is -0.369 e. The lowest BCUT2D eigenvalue weighted by Crippen LogP contribution is -2.17. The van der Waals surface area contributed by atoms with Gasteiger partial charge in [0, 0.05) is 13.4 Å². The van der Waals surface area contributed by atoms with Crippen LogP contribution in [0.3, 0.4) is 0 Å². The Morgan fingerprint density at radius 3 is 3.36 bits per heavy atom. The molecular weight excluding hydrogens is 146 g/mol. The topological polar surface area (TPSA) is 96.7 Å². The zero-order valence-electron chi connectivity index (χ0n) is 10.4. The summed E-state index contributed by atoms with van der Waals surface area (Å²) in [6.07, 6.45) is 0. The van der Waals surface area contributed by atoms with Crippen LogP contribution in [0.4, 0.5) is 11.9 Å². The lowest BCUT2D eigenvalue weighted by molar-refractivity contribution is 0.982. The predicted molar refractivity (Wildman–Crippen MR) is 41.2 cm³/mol. The van der Waals surface area contributed by atoms with Crippen LogP contribution in [-0.2, 0) is 0 Å². The Morgan fingerprint density at radius 1 is 1.91 bits per heavy atom. The molecule has 1 rings (SSSR count). The second-order valence-electron chi connectivity index (χ2n) is 1.61. The molecule has 0 saturated carbocycles. The van der Waals surface area contributed by atoms with Crippen LogP contribution in [0.25, 0.3) is 0 Å². The molecule has 0 unspecified atom stereocenters. The first-order valence-corrected chi connectivity index (χ1v) is 2.64. The average molecular weight is 160 g/mol. The molecule has 6 heteroatoms. The molecule has 0 bridgehead atoms. The molecule has 1 heterocycles. The number of hydrogen-bond acceptors (Lipinski definition) is 5. The molecule has 0 aliphatic carbocycles. The number of nitrogens with one attached hydrogen (secondary N) is 2. The number of rotatable bonds is 2. The van der Waals surface area contributed by atoms with Gasteiger partial charge in [0.2, 0.25) is 11.9 Å². The summed E-state index contributed by atoms with van der Waals surface area (Å²) in [5.74, 6) is -0.772. The molecule has 1 aromatic heterocycles. The van der Waals surface area contributed by atoms with E-state index in [0.717, 1.165) is 0 Å². The molecule has 4 N–H and O–H groups in total. The van der Waals surface area contributed by atoms with E-state index in [9.17, 15) is 4.79 Å². The van der Waals surface area contributed by atoms with E-state index in [1.54, 1.807) is 0 Å². The van der Waals surface area contributed by atoms with Gasteiger partial charge in [-0.3, -0.25) is 4.98 Å². The van der Waals surface area contributed by atoms with E-state index >= 15 is 0 Å². The number of nitrogens with two attached hydrogens (primary N) is 1. The van der Waals surface area contributed by atoms with Crippen LogP contribution >= 0.6 is 0 Å². The van der Waals surface area contributed by atoms with Crippen LogP contribution in [0.5, 0.6) is 0 Å². The number of nitrogen functional groups attached to an aromatic ring is 1. The Morgan fingerprint density at radius 2 is 2.73 bits per heavy atom. The van der Waals surface area contributed by atoms with Crippen molar-refractivity contribution in [1.29, 1.82) is 0 Å². The lowest BCUT2D eigenvalue weighted by atomic mass is 10.7. The maximum absolute atomic E-state index is 10.9. The van der Waals surface area contributed by atoms with Gasteiger partial charge in [0.15, 0.2) is 0 Å². The summed E-state index contributed by atoms with van der Waals surface area (Å²) < 4.78 is 35.2. The summed E-state index contributed by atoms with van der Waals surface area (Å²) in [5.41, 5.74) is 4.33. The molecule has 1 aromatic rings. The highest BCUT2D eigenvalue weighted by Crippen LogP contribution is 1.92. The van der Waals surface area contributed by atoms with Crippen LogP contribution in [0, 0.1) is 0 Å². The van der Waals surface area contributed by atoms with Crippen molar-refractivity contribution in [2.45, 2.75) is 6.85 Å². The first-order chi connectivity index (χ1) is 7.12. The maximum atomic E-state index is 10.9. The van der Waals surface area contributed by atoms with E-state index in [1.807, 2.05) is 10.3 Å². The third-order valence-electron chi connectivity index (χ3n) is 0.843. The number of aromatic amines is 1. The lowest BCUT2D eigenvalue weighted by Gasteiger charge is -1.98. The number of anilines is 2. The molecule has 60 valence electrons. The Kier molecular flexibility index (Phi) is 0.874. The first kappa shape index (κ1) is 3.21. The van der Waals surface area contributed by atoms with Gasteiger partial charge in [0.25, 0.3) is 0 Å². The molecule has 0 atom stereocenters. The SMILES string of the molecule is [2H]C([2H])([2H])C([2H])([2H])Nc1nc(N)[nH]c(=O)n1. The van der Waals surface area contributed by atoms with Crippen LogP contribution in [0.15, 0.2) is 4.79 Å². The van der Waals surface area contributed by atoms with Gasteiger partial charge in [-0.25, -0.2) is 4.79 Å². The van der Waals surface area contributed by atoms with Crippen molar-refractivity contribution in [3.63, 3.8) is 0 Å². The minimum atomic E-state index is -2.92. The molecule has 6 nitrogen and oxygen atoms in total. The molecule has 11 heavy (non-hydrogen) atoms.